The third-order valence-corrected chi connectivity index (χ3v) is 11.9. The Kier molecular flexibility index (Phi) is 6.05. The molecule has 10 rings (SSSR count). The van der Waals surface area contributed by atoms with Crippen molar-refractivity contribution in [3.05, 3.63) is 133 Å². The largest absolute Gasteiger partial charge is 0.236 e. The normalized spacial score (nSPS) is 11.8. The number of thiophene rings is 2. The van der Waals surface area contributed by atoms with E-state index in [4.69, 9.17) is 19.9 Å². The van der Waals surface area contributed by atoms with Gasteiger partial charge in [0.1, 0.15) is 5.01 Å². The van der Waals surface area contributed by atoms with Gasteiger partial charge in [-0.2, -0.15) is 0 Å². The molecule has 0 aliphatic carbocycles. The van der Waals surface area contributed by atoms with Crippen molar-refractivity contribution in [1.82, 2.24) is 19.9 Å². The van der Waals surface area contributed by atoms with Crippen molar-refractivity contribution in [2.75, 3.05) is 0 Å². The molecule has 0 saturated heterocycles. The maximum absolute atomic E-state index is 5.18. The van der Waals surface area contributed by atoms with E-state index in [1.54, 1.807) is 34.0 Å². The highest BCUT2D eigenvalue weighted by Gasteiger charge is 2.18. The van der Waals surface area contributed by atoms with Gasteiger partial charge in [-0.15, -0.1) is 34.0 Å². The Morgan fingerprint density at radius 3 is 1.94 bits per heavy atom. The molecule has 0 N–H and O–H groups in total. The van der Waals surface area contributed by atoms with Gasteiger partial charge in [-0.05, 0) is 42.5 Å². The fraction of sp³-hybridized carbons (Fsp3) is 0. The van der Waals surface area contributed by atoms with Gasteiger partial charge in [-0.3, -0.25) is 0 Å². The van der Waals surface area contributed by atoms with Crippen LogP contribution in [-0.2, 0) is 0 Å². The summed E-state index contributed by atoms with van der Waals surface area (Å²) in [5.41, 5.74) is 5.08. The molecule has 0 amide bonds. The average molecular weight is 655 g/mol. The van der Waals surface area contributed by atoms with E-state index in [1.165, 1.54) is 39.7 Å². The van der Waals surface area contributed by atoms with E-state index >= 15 is 0 Å². The molecule has 4 heterocycles. The minimum Gasteiger partial charge on any atom is -0.236 e. The molecule has 0 atom stereocenters. The van der Waals surface area contributed by atoms with E-state index in [9.17, 15) is 0 Å². The highest BCUT2D eigenvalue weighted by atomic mass is 32.1. The summed E-state index contributed by atoms with van der Waals surface area (Å²) in [6.45, 7) is 0. The summed E-state index contributed by atoms with van der Waals surface area (Å²) >= 11 is 5.33. The molecular formula is C40H22N4S3. The summed E-state index contributed by atoms with van der Waals surface area (Å²) in [5, 5.41) is 5.90. The van der Waals surface area contributed by atoms with Crippen molar-refractivity contribution in [3.8, 4) is 44.7 Å². The van der Waals surface area contributed by atoms with Crippen LogP contribution in [0.1, 0.15) is 0 Å². The van der Waals surface area contributed by atoms with Gasteiger partial charge in [0.25, 0.3) is 0 Å². The second kappa shape index (κ2) is 10.6. The minimum absolute atomic E-state index is 0.661. The highest BCUT2D eigenvalue weighted by molar-refractivity contribution is 7.26. The van der Waals surface area contributed by atoms with Gasteiger partial charge in [0.2, 0.25) is 0 Å². The molecule has 10 aromatic rings. The zero-order chi connectivity index (χ0) is 30.9. The number of nitrogens with zero attached hydrogens (tertiary/aromatic N) is 4. The van der Waals surface area contributed by atoms with E-state index in [0.717, 1.165) is 38.2 Å². The second-order valence-corrected chi connectivity index (χ2v) is 14.7. The molecule has 0 spiro atoms. The standard InChI is InChI=1S/C40H22N4S3/c1-2-9-23(10-3-1)37-42-38(24-17-19-27-26-11-4-6-14-31(26)46-35(27)22-24)44-39(43-37)28-12-8-16-34-36(28)29-21-25(18-20-32(29)45-34)40-41-30-13-5-7-15-33(30)47-40/h1-22H. The van der Waals surface area contributed by atoms with Crippen molar-refractivity contribution >= 4 is 84.6 Å². The number of thiazole rings is 1. The first-order valence-corrected chi connectivity index (χ1v) is 17.7. The van der Waals surface area contributed by atoms with Crippen molar-refractivity contribution in [1.29, 1.82) is 0 Å². The maximum Gasteiger partial charge on any atom is 0.164 e. The molecular weight excluding hydrogens is 633 g/mol. The monoisotopic (exact) mass is 654 g/mol. The Bertz CT molecular complexity index is 2780. The Morgan fingerprint density at radius 2 is 1.04 bits per heavy atom. The zero-order valence-electron chi connectivity index (χ0n) is 24.7. The number of aromatic nitrogens is 4. The Labute approximate surface area is 281 Å². The molecule has 4 aromatic heterocycles. The molecule has 4 nitrogen and oxygen atoms in total. The molecule has 0 saturated carbocycles. The second-order valence-electron chi connectivity index (χ2n) is 11.5. The van der Waals surface area contributed by atoms with E-state index in [2.05, 4.69) is 109 Å². The molecule has 0 bridgehead atoms. The van der Waals surface area contributed by atoms with Crippen LogP contribution in [0.2, 0.25) is 0 Å². The fourth-order valence-corrected chi connectivity index (χ4v) is 9.57. The third kappa shape index (κ3) is 4.47. The molecule has 0 aliphatic heterocycles. The van der Waals surface area contributed by atoms with E-state index in [1.807, 2.05) is 24.3 Å². The summed E-state index contributed by atoms with van der Waals surface area (Å²) in [7, 11) is 0. The topological polar surface area (TPSA) is 51.6 Å². The third-order valence-electron chi connectivity index (χ3n) is 8.58. The molecule has 220 valence electrons. The number of benzene rings is 6. The molecule has 47 heavy (non-hydrogen) atoms. The minimum atomic E-state index is 0.661. The lowest BCUT2D eigenvalue weighted by Gasteiger charge is -2.10. The zero-order valence-corrected chi connectivity index (χ0v) is 27.2. The first kappa shape index (κ1) is 26.8. The van der Waals surface area contributed by atoms with Gasteiger partial charge in [-0.1, -0.05) is 91.0 Å². The summed E-state index contributed by atoms with van der Waals surface area (Å²) in [5.74, 6) is 2.00. The average Bonchev–Trinajstić information content (AvgIpc) is 3.84. The van der Waals surface area contributed by atoms with Crippen LogP contribution in [0.15, 0.2) is 133 Å². The molecule has 0 unspecified atom stereocenters. The van der Waals surface area contributed by atoms with Gasteiger partial charge < -0.3 is 0 Å². The number of para-hydroxylation sites is 1. The van der Waals surface area contributed by atoms with E-state index in [0.29, 0.717) is 17.5 Å². The van der Waals surface area contributed by atoms with Crippen LogP contribution in [0.4, 0.5) is 0 Å². The van der Waals surface area contributed by atoms with Crippen LogP contribution < -0.4 is 0 Å². The van der Waals surface area contributed by atoms with Crippen molar-refractivity contribution in [3.63, 3.8) is 0 Å². The predicted molar refractivity (Wildman–Crippen MR) is 201 cm³/mol. The van der Waals surface area contributed by atoms with Crippen LogP contribution in [-0.4, -0.2) is 19.9 Å². The Morgan fingerprint density at radius 1 is 0.362 bits per heavy atom. The van der Waals surface area contributed by atoms with Gasteiger partial charge in [0.05, 0.1) is 10.2 Å². The van der Waals surface area contributed by atoms with Crippen LogP contribution in [0.5, 0.6) is 0 Å². The molecule has 0 fully saturated rings. The molecule has 7 heteroatoms. The van der Waals surface area contributed by atoms with Crippen LogP contribution in [0, 0.1) is 0 Å². The van der Waals surface area contributed by atoms with Crippen LogP contribution in [0.25, 0.3) is 95.3 Å². The first-order valence-electron chi connectivity index (χ1n) is 15.3. The SMILES string of the molecule is c1ccc(-c2nc(-c3ccc4c(c3)sc3ccccc34)nc(-c3cccc4sc5ccc(-c6nc7ccccc7s6)cc5c34)n2)cc1. The smallest absolute Gasteiger partial charge is 0.164 e. The lowest BCUT2D eigenvalue weighted by atomic mass is 10.0. The van der Waals surface area contributed by atoms with Crippen LogP contribution in [0.3, 0.4) is 0 Å². The van der Waals surface area contributed by atoms with Gasteiger partial charge >= 0.3 is 0 Å². The van der Waals surface area contributed by atoms with Crippen LogP contribution >= 0.6 is 34.0 Å². The lowest BCUT2D eigenvalue weighted by molar-refractivity contribution is 1.08. The lowest BCUT2D eigenvalue weighted by Crippen LogP contribution is -2.00. The summed E-state index contributed by atoms with van der Waals surface area (Å²) in [4.78, 5) is 20.3. The predicted octanol–water partition coefficient (Wildman–Crippen LogP) is 11.9. The van der Waals surface area contributed by atoms with Gasteiger partial charge in [0, 0.05) is 62.6 Å². The van der Waals surface area contributed by atoms with Crippen molar-refractivity contribution in [2.24, 2.45) is 0 Å². The quantitative estimate of drug-likeness (QED) is 0.189. The molecule has 6 aromatic carbocycles. The number of hydrogen-bond acceptors (Lipinski definition) is 7. The number of fused-ring (bicyclic) bond motifs is 7. The van der Waals surface area contributed by atoms with E-state index < -0.39 is 0 Å². The molecule has 0 radical (unpaired) electrons. The fourth-order valence-electron chi connectivity index (χ4n) is 6.35. The van der Waals surface area contributed by atoms with Crippen molar-refractivity contribution in [2.45, 2.75) is 0 Å². The number of hydrogen-bond donors (Lipinski definition) is 0. The Hall–Kier alpha value is -5.34. The molecule has 0 aliphatic rings. The number of rotatable bonds is 4. The summed E-state index contributed by atoms with van der Waals surface area (Å²) < 4.78 is 6.12. The van der Waals surface area contributed by atoms with Gasteiger partial charge in [0.15, 0.2) is 17.5 Å². The summed E-state index contributed by atoms with van der Waals surface area (Å²) in [6, 6.07) is 46.8. The maximum atomic E-state index is 5.18. The van der Waals surface area contributed by atoms with Gasteiger partial charge in [-0.25, -0.2) is 19.9 Å². The highest BCUT2D eigenvalue weighted by Crippen LogP contribution is 2.42. The first-order chi connectivity index (χ1) is 23.2. The summed E-state index contributed by atoms with van der Waals surface area (Å²) in [6.07, 6.45) is 0. The van der Waals surface area contributed by atoms with E-state index in [-0.39, 0.29) is 0 Å². The van der Waals surface area contributed by atoms with Crippen molar-refractivity contribution < 1.29 is 0 Å². The Balaban J connectivity index is 1.19.